The second-order valence-electron chi connectivity index (χ2n) is 4.18. The SMILES string of the molecule is CC(C)Cc1cccc2c1N=COB2O. The molecule has 0 spiro atoms. The zero-order chi connectivity index (χ0) is 10.8. The molecule has 1 heterocycles. The number of aliphatic imine (C=N–C) groups is 1. The van der Waals surface area contributed by atoms with Gasteiger partial charge in [0, 0.05) is 5.46 Å². The van der Waals surface area contributed by atoms with E-state index in [0.29, 0.717) is 5.92 Å². The highest BCUT2D eigenvalue weighted by molar-refractivity contribution is 6.63. The highest BCUT2D eigenvalue weighted by Crippen LogP contribution is 2.22. The molecule has 0 amide bonds. The van der Waals surface area contributed by atoms with Gasteiger partial charge in [0.15, 0.2) is 6.40 Å². The maximum atomic E-state index is 9.61. The first-order valence-corrected chi connectivity index (χ1v) is 5.16. The summed E-state index contributed by atoms with van der Waals surface area (Å²) >= 11 is 0. The van der Waals surface area contributed by atoms with Crippen molar-refractivity contribution in [2.75, 3.05) is 0 Å². The highest BCUT2D eigenvalue weighted by Gasteiger charge is 2.25. The van der Waals surface area contributed by atoms with Gasteiger partial charge in [-0.2, -0.15) is 0 Å². The Kier molecular flexibility index (Phi) is 2.78. The van der Waals surface area contributed by atoms with E-state index < -0.39 is 7.12 Å². The van der Waals surface area contributed by atoms with Crippen molar-refractivity contribution in [3.63, 3.8) is 0 Å². The van der Waals surface area contributed by atoms with Crippen molar-refractivity contribution in [2.45, 2.75) is 20.3 Å². The van der Waals surface area contributed by atoms with Crippen molar-refractivity contribution in [1.29, 1.82) is 0 Å². The van der Waals surface area contributed by atoms with Crippen LogP contribution in [-0.4, -0.2) is 18.5 Å². The van der Waals surface area contributed by atoms with Gasteiger partial charge in [0.1, 0.15) is 0 Å². The summed E-state index contributed by atoms with van der Waals surface area (Å²) < 4.78 is 4.93. The smallest absolute Gasteiger partial charge is 0.524 e. The molecule has 0 saturated heterocycles. The van der Waals surface area contributed by atoms with Crippen LogP contribution in [0.5, 0.6) is 0 Å². The molecule has 3 nitrogen and oxygen atoms in total. The quantitative estimate of drug-likeness (QED) is 0.735. The van der Waals surface area contributed by atoms with Crippen LogP contribution in [0.15, 0.2) is 23.2 Å². The van der Waals surface area contributed by atoms with E-state index in [1.54, 1.807) is 0 Å². The van der Waals surface area contributed by atoms with Crippen LogP contribution < -0.4 is 5.46 Å². The van der Waals surface area contributed by atoms with Gasteiger partial charge < -0.3 is 9.68 Å². The predicted molar refractivity (Wildman–Crippen MR) is 61.8 cm³/mol. The Bertz CT molecular complexity index is 390. The zero-order valence-electron chi connectivity index (χ0n) is 8.97. The number of benzene rings is 1. The Hall–Kier alpha value is -1.29. The first-order chi connectivity index (χ1) is 7.18. The summed E-state index contributed by atoms with van der Waals surface area (Å²) in [5.41, 5.74) is 2.79. The van der Waals surface area contributed by atoms with Gasteiger partial charge in [0.25, 0.3) is 0 Å². The minimum absolute atomic E-state index is 0.576. The van der Waals surface area contributed by atoms with E-state index >= 15 is 0 Å². The molecule has 0 saturated carbocycles. The van der Waals surface area contributed by atoms with Crippen molar-refractivity contribution in [1.82, 2.24) is 0 Å². The fourth-order valence-electron chi connectivity index (χ4n) is 1.79. The fraction of sp³-hybridized carbons (Fsp3) is 0.364. The van der Waals surface area contributed by atoms with Crippen LogP contribution in [0.3, 0.4) is 0 Å². The highest BCUT2D eigenvalue weighted by atomic mass is 16.5. The average molecular weight is 203 g/mol. The number of fused-ring (bicyclic) bond motifs is 1. The molecule has 15 heavy (non-hydrogen) atoms. The Labute approximate surface area is 89.9 Å². The van der Waals surface area contributed by atoms with E-state index in [1.807, 2.05) is 18.2 Å². The molecule has 78 valence electrons. The maximum absolute atomic E-state index is 9.61. The van der Waals surface area contributed by atoms with Crippen molar-refractivity contribution >= 4 is 24.7 Å². The zero-order valence-corrected chi connectivity index (χ0v) is 8.97. The number of nitrogens with zero attached hydrogens (tertiary/aromatic N) is 1. The Balaban J connectivity index is 2.41. The number of hydrogen-bond acceptors (Lipinski definition) is 3. The number of hydrogen-bond donors (Lipinski definition) is 1. The minimum Gasteiger partial charge on any atom is -0.524 e. The van der Waals surface area contributed by atoms with Crippen LogP contribution >= 0.6 is 0 Å². The van der Waals surface area contributed by atoms with Gasteiger partial charge in [-0.25, -0.2) is 4.99 Å². The lowest BCUT2D eigenvalue weighted by molar-refractivity contribution is 0.435. The maximum Gasteiger partial charge on any atom is 0.562 e. The van der Waals surface area contributed by atoms with Gasteiger partial charge in [0.2, 0.25) is 0 Å². The third kappa shape index (κ3) is 2.05. The van der Waals surface area contributed by atoms with Crippen molar-refractivity contribution < 1.29 is 9.68 Å². The van der Waals surface area contributed by atoms with E-state index in [1.165, 1.54) is 12.0 Å². The van der Waals surface area contributed by atoms with E-state index in [4.69, 9.17) is 4.65 Å². The molecule has 0 bridgehead atoms. The molecule has 0 radical (unpaired) electrons. The molecule has 0 atom stereocenters. The molecule has 0 aliphatic carbocycles. The summed E-state index contributed by atoms with van der Waals surface area (Å²) in [4.78, 5) is 4.19. The van der Waals surface area contributed by atoms with Gasteiger partial charge >= 0.3 is 7.12 Å². The van der Waals surface area contributed by atoms with Gasteiger partial charge in [-0.05, 0) is 17.9 Å². The molecule has 1 aliphatic heterocycles. The summed E-state index contributed by atoms with van der Waals surface area (Å²) in [7, 11) is -0.871. The molecule has 1 aliphatic rings. The average Bonchev–Trinajstić information content (AvgIpc) is 2.19. The first kappa shape index (κ1) is 10.2. The molecular formula is C11H14BNO2. The minimum atomic E-state index is -0.871. The third-order valence-electron chi connectivity index (χ3n) is 2.42. The van der Waals surface area contributed by atoms with E-state index in [0.717, 1.165) is 17.6 Å². The lowest BCUT2D eigenvalue weighted by Crippen LogP contribution is -2.36. The molecule has 2 rings (SSSR count). The molecule has 1 aromatic rings. The fourth-order valence-corrected chi connectivity index (χ4v) is 1.79. The van der Waals surface area contributed by atoms with E-state index in [2.05, 4.69) is 18.8 Å². The summed E-state index contributed by atoms with van der Waals surface area (Å²) in [6.45, 7) is 4.33. The predicted octanol–water partition coefficient (Wildman–Crippen LogP) is 1.26. The first-order valence-electron chi connectivity index (χ1n) is 5.16. The van der Waals surface area contributed by atoms with Crippen LogP contribution in [0.4, 0.5) is 5.69 Å². The van der Waals surface area contributed by atoms with Gasteiger partial charge in [-0.15, -0.1) is 0 Å². The largest absolute Gasteiger partial charge is 0.562 e. The second-order valence-corrected chi connectivity index (χ2v) is 4.18. The summed E-state index contributed by atoms with van der Waals surface area (Å²) in [5.74, 6) is 0.576. The molecular weight excluding hydrogens is 189 g/mol. The summed E-state index contributed by atoms with van der Waals surface area (Å²) in [6, 6.07) is 5.83. The molecule has 1 N–H and O–H groups in total. The number of rotatable bonds is 2. The molecule has 0 fully saturated rings. The van der Waals surface area contributed by atoms with Crippen LogP contribution in [0, 0.1) is 5.92 Å². The second kappa shape index (κ2) is 4.07. The lowest BCUT2D eigenvalue weighted by atomic mass is 9.76. The normalized spacial score (nSPS) is 14.0. The standard InChI is InChI=1S/C11H14BNO2/c1-8(2)6-9-4-3-5-10-11(9)13-7-15-12(10)14/h3-5,7-8,14H,6H2,1-2H3. The molecule has 0 unspecified atom stereocenters. The van der Waals surface area contributed by atoms with Gasteiger partial charge in [0.05, 0.1) is 5.69 Å². The molecule has 1 aromatic carbocycles. The van der Waals surface area contributed by atoms with Crippen LogP contribution in [0.25, 0.3) is 0 Å². The van der Waals surface area contributed by atoms with Crippen molar-refractivity contribution in [2.24, 2.45) is 10.9 Å². The topological polar surface area (TPSA) is 41.8 Å². The Morgan fingerprint density at radius 2 is 2.27 bits per heavy atom. The van der Waals surface area contributed by atoms with Crippen LogP contribution in [0.1, 0.15) is 19.4 Å². The molecule has 4 heteroatoms. The lowest BCUT2D eigenvalue weighted by Gasteiger charge is -2.17. The monoisotopic (exact) mass is 203 g/mol. The third-order valence-corrected chi connectivity index (χ3v) is 2.42. The summed E-state index contributed by atoms with van der Waals surface area (Å²) in [5, 5.41) is 9.61. The van der Waals surface area contributed by atoms with E-state index in [-0.39, 0.29) is 0 Å². The van der Waals surface area contributed by atoms with Gasteiger partial charge in [-0.3, -0.25) is 0 Å². The summed E-state index contributed by atoms with van der Waals surface area (Å²) in [6.07, 6.45) is 2.28. The van der Waals surface area contributed by atoms with Crippen LogP contribution in [0.2, 0.25) is 0 Å². The molecule has 0 aromatic heterocycles. The number of para-hydroxylation sites is 1. The Morgan fingerprint density at radius 3 is 3.00 bits per heavy atom. The Morgan fingerprint density at radius 1 is 1.47 bits per heavy atom. The van der Waals surface area contributed by atoms with E-state index in [9.17, 15) is 5.02 Å². The van der Waals surface area contributed by atoms with Gasteiger partial charge in [-0.1, -0.05) is 32.0 Å². The van der Waals surface area contributed by atoms with Crippen LogP contribution in [-0.2, 0) is 11.1 Å². The van der Waals surface area contributed by atoms with Crippen molar-refractivity contribution in [3.05, 3.63) is 23.8 Å². The van der Waals surface area contributed by atoms with Crippen molar-refractivity contribution in [3.8, 4) is 0 Å².